The lowest BCUT2D eigenvalue weighted by Gasteiger charge is -2.38. The van der Waals surface area contributed by atoms with E-state index >= 15 is 0 Å². The van der Waals surface area contributed by atoms with Crippen molar-refractivity contribution in [1.82, 2.24) is 5.32 Å². The number of hydrogen-bond donors (Lipinski definition) is 1. The van der Waals surface area contributed by atoms with E-state index in [1.807, 2.05) is 45.0 Å². The number of ether oxygens (including phenoxy) is 3. The van der Waals surface area contributed by atoms with Crippen molar-refractivity contribution in [3.05, 3.63) is 52.4 Å². The standard InChI is InChI=1S/C27H35NO6S/c1-6-12-33-19-10-8-18(9-11-19)23-22(27(31)34-13-14-35-7-2)17(4)28-20-15-16(3)21(26(30)32-5)25(29)24(20)23/h8-11,16,21,23,28H,6-7,12-15H2,1-5H3/t16-,21+,23-/m1/s1. The van der Waals surface area contributed by atoms with Crippen molar-refractivity contribution in [2.45, 2.75) is 46.5 Å². The van der Waals surface area contributed by atoms with Gasteiger partial charge in [0, 0.05) is 28.6 Å². The lowest BCUT2D eigenvalue weighted by Crippen LogP contribution is -2.43. The molecule has 35 heavy (non-hydrogen) atoms. The Kier molecular flexibility index (Phi) is 9.43. The molecule has 0 amide bonds. The lowest BCUT2D eigenvalue weighted by molar-refractivity contribution is -0.151. The fourth-order valence-corrected chi connectivity index (χ4v) is 5.17. The average Bonchev–Trinajstić information content (AvgIpc) is 2.84. The second kappa shape index (κ2) is 12.3. The van der Waals surface area contributed by atoms with Gasteiger partial charge in [0.1, 0.15) is 18.3 Å². The molecule has 0 saturated heterocycles. The highest BCUT2D eigenvalue weighted by Gasteiger charge is 2.47. The van der Waals surface area contributed by atoms with Gasteiger partial charge in [-0.25, -0.2) is 4.79 Å². The van der Waals surface area contributed by atoms with Gasteiger partial charge >= 0.3 is 11.9 Å². The summed E-state index contributed by atoms with van der Waals surface area (Å²) in [6.45, 7) is 8.67. The van der Waals surface area contributed by atoms with E-state index in [1.54, 1.807) is 11.8 Å². The Morgan fingerprint density at radius 2 is 1.86 bits per heavy atom. The number of nitrogens with one attached hydrogen (secondary N) is 1. The number of carbonyl (C=O) groups excluding carboxylic acids is 3. The van der Waals surface area contributed by atoms with Crippen LogP contribution in [0.5, 0.6) is 5.75 Å². The molecule has 0 spiro atoms. The molecular formula is C27H35NO6S. The SMILES string of the molecule is CCCOc1ccc([C@@H]2C(C(=O)OCCSCC)=C(C)NC3=C2C(=O)[C@@H](C(=O)OC)[C@H](C)C3)cc1. The highest BCUT2D eigenvalue weighted by atomic mass is 32.2. The minimum absolute atomic E-state index is 0.223. The quantitative estimate of drug-likeness (QED) is 0.287. The van der Waals surface area contributed by atoms with Crippen molar-refractivity contribution in [2.75, 3.05) is 31.8 Å². The number of dihydropyridines is 1. The summed E-state index contributed by atoms with van der Waals surface area (Å²) in [6.07, 6.45) is 1.39. The molecular weight excluding hydrogens is 466 g/mol. The van der Waals surface area contributed by atoms with Crippen LogP contribution in [0.15, 0.2) is 46.8 Å². The van der Waals surface area contributed by atoms with Gasteiger partial charge in [-0.15, -0.1) is 0 Å². The molecule has 7 nitrogen and oxygen atoms in total. The molecule has 0 radical (unpaired) electrons. The van der Waals surface area contributed by atoms with E-state index < -0.39 is 23.8 Å². The molecule has 1 aromatic rings. The van der Waals surface area contributed by atoms with Gasteiger partial charge in [0.05, 0.1) is 19.3 Å². The third-order valence-corrected chi connectivity index (χ3v) is 7.18. The van der Waals surface area contributed by atoms with Crippen molar-refractivity contribution in [3.8, 4) is 5.75 Å². The molecule has 1 N–H and O–H groups in total. The molecule has 0 aromatic heterocycles. The van der Waals surface area contributed by atoms with Crippen molar-refractivity contribution in [2.24, 2.45) is 11.8 Å². The molecule has 0 unspecified atom stereocenters. The minimum atomic E-state index is -0.910. The zero-order chi connectivity index (χ0) is 25.5. The number of ketones is 1. The molecule has 8 heteroatoms. The van der Waals surface area contributed by atoms with Crippen LogP contribution in [0.2, 0.25) is 0 Å². The fourth-order valence-electron chi connectivity index (χ4n) is 4.68. The summed E-state index contributed by atoms with van der Waals surface area (Å²) in [5.74, 6) is -0.752. The van der Waals surface area contributed by atoms with Crippen molar-refractivity contribution in [1.29, 1.82) is 0 Å². The van der Waals surface area contributed by atoms with Gasteiger partial charge in [-0.1, -0.05) is 32.9 Å². The molecule has 0 saturated carbocycles. The van der Waals surface area contributed by atoms with Crippen molar-refractivity contribution >= 4 is 29.5 Å². The van der Waals surface area contributed by atoms with Crippen LogP contribution in [-0.2, 0) is 23.9 Å². The number of allylic oxidation sites excluding steroid dienone is 3. The van der Waals surface area contributed by atoms with E-state index in [0.717, 1.165) is 29.2 Å². The third-order valence-electron chi connectivity index (χ3n) is 6.31. The Hall–Kier alpha value is -2.74. The predicted molar refractivity (Wildman–Crippen MR) is 136 cm³/mol. The monoisotopic (exact) mass is 501 g/mol. The first kappa shape index (κ1) is 26.9. The molecule has 2 aliphatic rings. The number of carbonyl (C=O) groups is 3. The first-order valence-electron chi connectivity index (χ1n) is 12.1. The number of rotatable bonds is 10. The summed E-state index contributed by atoms with van der Waals surface area (Å²) < 4.78 is 16.3. The lowest BCUT2D eigenvalue weighted by atomic mass is 9.69. The van der Waals surface area contributed by atoms with Crippen LogP contribution in [0, 0.1) is 11.8 Å². The molecule has 190 valence electrons. The Morgan fingerprint density at radius 3 is 2.49 bits per heavy atom. The molecule has 0 bridgehead atoms. The summed E-state index contributed by atoms with van der Waals surface area (Å²) in [6, 6.07) is 7.43. The predicted octanol–water partition coefficient (Wildman–Crippen LogP) is 4.38. The van der Waals surface area contributed by atoms with E-state index in [0.29, 0.717) is 35.6 Å². The Balaban J connectivity index is 2.04. The van der Waals surface area contributed by atoms with Crippen LogP contribution in [0.1, 0.15) is 52.0 Å². The summed E-state index contributed by atoms with van der Waals surface area (Å²) in [5, 5.41) is 3.28. The van der Waals surface area contributed by atoms with Gasteiger partial charge in [0.25, 0.3) is 0 Å². The fraction of sp³-hybridized carbons (Fsp3) is 0.519. The Morgan fingerprint density at radius 1 is 1.14 bits per heavy atom. The number of methoxy groups -OCH3 is 1. The van der Waals surface area contributed by atoms with Crippen LogP contribution in [-0.4, -0.2) is 49.6 Å². The van der Waals surface area contributed by atoms with Crippen LogP contribution >= 0.6 is 11.8 Å². The minimum Gasteiger partial charge on any atom is -0.494 e. The van der Waals surface area contributed by atoms with E-state index in [2.05, 4.69) is 12.2 Å². The van der Waals surface area contributed by atoms with Crippen LogP contribution in [0.25, 0.3) is 0 Å². The van der Waals surface area contributed by atoms with Crippen LogP contribution < -0.4 is 10.1 Å². The Bertz CT molecular complexity index is 1010. The Labute approximate surface area is 211 Å². The summed E-state index contributed by atoms with van der Waals surface area (Å²) in [5.41, 5.74) is 2.99. The zero-order valence-corrected chi connectivity index (χ0v) is 22.0. The second-order valence-corrected chi connectivity index (χ2v) is 10.2. The van der Waals surface area contributed by atoms with E-state index in [-0.39, 0.29) is 18.3 Å². The maximum absolute atomic E-state index is 13.7. The normalized spacial score (nSPS) is 21.9. The number of thioether (sulfide) groups is 1. The van der Waals surface area contributed by atoms with Crippen LogP contribution in [0.3, 0.4) is 0 Å². The topological polar surface area (TPSA) is 90.9 Å². The highest BCUT2D eigenvalue weighted by molar-refractivity contribution is 7.99. The highest BCUT2D eigenvalue weighted by Crippen LogP contribution is 2.45. The molecule has 3 atom stereocenters. The number of hydrogen-bond acceptors (Lipinski definition) is 8. The number of Topliss-reactive ketones (excluding diaryl/α,β-unsaturated/α-hetero) is 1. The second-order valence-electron chi connectivity index (χ2n) is 8.79. The average molecular weight is 502 g/mol. The summed E-state index contributed by atoms with van der Waals surface area (Å²) in [4.78, 5) is 39.6. The van der Waals surface area contributed by atoms with Crippen molar-refractivity contribution < 1.29 is 28.6 Å². The third kappa shape index (κ3) is 5.92. The van der Waals surface area contributed by atoms with Gasteiger partial charge in [-0.05, 0) is 49.1 Å². The summed E-state index contributed by atoms with van der Waals surface area (Å²) in [7, 11) is 1.29. The van der Waals surface area contributed by atoms with E-state index in [4.69, 9.17) is 14.2 Å². The maximum Gasteiger partial charge on any atom is 0.336 e. The van der Waals surface area contributed by atoms with Crippen molar-refractivity contribution in [3.63, 3.8) is 0 Å². The number of benzene rings is 1. The van der Waals surface area contributed by atoms with E-state index in [1.165, 1.54) is 7.11 Å². The van der Waals surface area contributed by atoms with Gasteiger partial charge < -0.3 is 19.5 Å². The largest absolute Gasteiger partial charge is 0.494 e. The van der Waals surface area contributed by atoms with Gasteiger partial charge in [-0.3, -0.25) is 9.59 Å². The maximum atomic E-state index is 13.7. The first-order valence-corrected chi connectivity index (χ1v) is 13.3. The van der Waals surface area contributed by atoms with Gasteiger partial charge in [0.15, 0.2) is 5.78 Å². The van der Waals surface area contributed by atoms with E-state index in [9.17, 15) is 14.4 Å². The first-order chi connectivity index (χ1) is 16.8. The summed E-state index contributed by atoms with van der Waals surface area (Å²) >= 11 is 1.69. The molecule has 1 heterocycles. The molecule has 1 aliphatic carbocycles. The number of esters is 2. The van der Waals surface area contributed by atoms with Gasteiger partial charge in [0.2, 0.25) is 0 Å². The molecule has 1 aliphatic heterocycles. The molecule has 1 aromatic carbocycles. The van der Waals surface area contributed by atoms with Crippen LogP contribution in [0.4, 0.5) is 0 Å². The molecule has 3 rings (SSSR count). The van der Waals surface area contributed by atoms with Gasteiger partial charge in [-0.2, -0.15) is 11.8 Å². The molecule has 0 fully saturated rings. The smallest absolute Gasteiger partial charge is 0.336 e. The zero-order valence-electron chi connectivity index (χ0n) is 21.1.